The predicted octanol–water partition coefficient (Wildman–Crippen LogP) is 4.33. The Hall–Kier alpha value is -2.90. The predicted molar refractivity (Wildman–Crippen MR) is 110 cm³/mol. The molecule has 1 aliphatic carbocycles. The SMILES string of the molecule is O=C(NC(Cc1ncsc1Cl)C(=O)O)OCC1c2ccccc2-c2ccccc21. The smallest absolute Gasteiger partial charge is 0.407 e. The first-order chi connectivity index (χ1) is 14.0. The van der Waals surface area contributed by atoms with Crippen LogP contribution in [0.15, 0.2) is 54.0 Å². The first kappa shape index (κ1) is 19.4. The number of alkyl carbamates (subject to hydrolysis) is 1. The van der Waals surface area contributed by atoms with Crippen molar-refractivity contribution in [1.82, 2.24) is 10.3 Å². The zero-order valence-electron chi connectivity index (χ0n) is 15.2. The number of hydrogen-bond donors (Lipinski definition) is 2. The van der Waals surface area contributed by atoms with E-state index in [1.165, 1.54) is 16.8 Å². The molecule has 1 unspecified atom stereocenters. The summed E-state index contributed by atoms with van der Waals surface area (Å²) in [6, 6.07) is 14.8. The number of thiazole rings is 1. The number of halogens is 1. The molecule has 2 N–H and O–H groups in total. The quantitative estimate of drug-likeness (QED) is 0.610. The number of carboxylic acids is 1. The van der Waals surface area contributed by atoms with Gasteiger partial charge in [0.25, 0.3) is 0 Å². The van der Waals surface area contributed by atoms with E-state index in [1.807, 2.05) is 48.5 Å². The molecule has 1 aromatic heterocycles. The van der Waals surface area contributed by atoms with Gasteiger partial charge in [0.2, 0.25) is 0 Å². The largest absolute Gasteiger partial charge is 0.480 e. The molecule has 0 bridgehead atoms. The maximum atomic E-state index is 12.3. The number of hydrogen-bond acceptors (Lipinski definition) is 5. The highest BCUT2D eigenvalue weighted by atomic mass is 35.5. The second-order valence-electron chi connectivity index (χ2n) is 6.64. The van der Waals surface area contributed by atoms with Crippen LogP contribution in [0.1, 0.15) is 22.7 Å². The topological polar surface area (TPSA) is 88.5 Å². The van der Waals surface area contributed by atoms with Gasteiger partial charge in [-0.2, -0.15) is 0 Å². The van der Waals surface area contributed by atoms with Gasteiger partial charge in [-0.05, 0) is 22.3 Å². The molecule has 1 amide bonds. The Bertz CT molecular complexity index is 1020. The van der Waals surface area contributed by atoms with Crippen LogP contribution >= 0.6 is 22.9 Å². The molecule has 8 heteroatoms. The number of fused-ring (bicyclic) bond motifs is 3. The molecule has 4 rings (SSSR count). The van der Waals surface area contributed by atoms with E-state index >= 15 is 0 Å². The highest BCUT2D eigenvalue weighted by molar-refractivity contribution is 7.14. The fourth-order valence-corrected chi connectivity index (χ4v) is 4.35. The van der Waals surface area contributed by atoms with Gasteiger partial charge in [0.15, 0.2) is 0 Å². The molecule has 1 heterocycles. The average molecular weight is 429 g/mol. The van der Waals surface area contributed by atoms with Crippen molar-refractivity contribution in [3.63, 3.8) is 0 Å². The van der Waals surface area contributed by atoms with Gasteiger partial charge in [-0.3, -0.25) is 0 Å². The summed E-state index contributed by atoms with van der Waals surface area (Å²) < 4.78 is 5.81. The lowest BCUT2D eigenvalue weighted by Gasteiger charge is -2.17. The standard InChI is InChI=1S/C21H17ClN2O4S/c22-19-17(23-11-29-19)9-18(20(25)26)24-21(27)28-10-16-14-7-3-1-5-12(14)13-6-2-4-8-15(13)16/h1-8,11,16,18H,9-10H2,(H,24,27)(H,25,26). The van der Waals surface area contributed by atoms with Crippen molar-refractivity contribution >= 4 is 35.0 Å². The Balaban J connectivity index is 1.44. The Morgan fingerprint density at radius 1 is 1.14 bits per heavy atom. The Morgan fingerprint density at radius 3 is 2.31 bits per heavy atom. The van der Waals surface area contributed by atoms with Crippen molar-refractivity contribution in [1.29, 1.82) is 0 Å². The van der Waals surface area contributed by atoms with Crippen LogP contribution in [0.5, 0.6) is 0 Å². The Labute approximate surface area is 176 Å². The van der Waals surface area contributed by atoms with Gasteiger partial charge >= 0.3 is 12.1 Å². The van der Waals surface area contributed by atoms with Crippen molar-refractivity contribution in [2.75, 3.05) is 6.61 Å². The summed E-state index contributed by atoms with van der Waals surface area (Å²) in [6.07, 6.45) is -0.799. The van der Waals surface area contributed by atoms with Crippen molar-refractivity contribution < 1.29 is 19.4 Å². The fourth-order valence-electron chi connectivity index (χ4n) is 3.56. The molecule has 0 saturated heterocycles. The van der Waals surface area contributed by atoms with E-state index in [1.54, 1.807) is 0 Å². The fraction of sp³-hybridized carbons (Fsp3) is 0.190. The van der Waals surface area contributed by atoms with E-state index in [-0.39, 0.29) is 18.9 Å². The van der Waals surface area contributed by atoms with E-state index in [4.69, 9.17) is 16.3 Å². The summed E-state index contributed by atoms with van der Waals surface area (Å²) in [5, 5.41) is 11.8. The summed E-state index contributed by atoms with van der Waals surface area (Å²) in [6.45, 7) is 0.115. The highest BCUT2D eigenvalue weighted by Gasteiger charge is 2.30. The van der Waals surface area contributed by atoms with E-state index in [0.29, 0.717) is 10.0 Å². The zero-order chi connectivity index (χ0) is 20.4. The number of aliphatic carboxylic acids is 1. The molecule has 148 valence electrons. The third-order valence-corrected chi connectivity index (χ3v) is 6.06. The van der Waals surface area contributed by atoms with Gasteiger partial charge in [0.1, 0.15) is 17.0 Å². The Kier molecular flexibility index (Phi) is 5.51. The molecule has 1 aliphatic rings. The summed E-state index contributed by atoms with van der Waals surface area (Å²) in [7, 11) is 0. The molecule has 0 radical (unpaired) electrons. The van der Waals surface area contributed by atoms with Crippen molar-refractivity contribution in [2.24, 2.45) is 0 Å². The van der Waals surface area contributed by atoms with Gasteiger partial charge < -0.3 is 15.2 Å². The molecule has 29 heavy (non-hydrogen) atoms. The second kappa shape index (κ2) is 8.23. The molecular weight excluding hydrogens is 412 g/mol. The number of ether oxygens (including phenoxy) is 1. The van der Waals surface area contributed by atoms with Crippen LogP contribution in [0.4, 0.5) is 4.79 Å². The molecule has 0 saturated carbocycles. The van der Waals surface area contributed by atoms with Crippen LogP contribution in [0.25, 0.3) is 11.1 Å². The normalized spacial score (nSPS) is 13.4. The summed E-state index contributed by atoms with van der Waals surface area (Å²) in [5.41, 5.74) is 6.39. The molecule has 3 aromatic rings. The summed E-state index contributed by atoms with van der Waals surface area (Å²) >= 11 is 7.20. The minimum absolute atomic E-state index is 0.0120. The number of carboxylic acid groups (broad SMARTS) is 1. The molecule has 0 fully saturated rings. The average Bonchev–Trinajstić information content (AvgIpc) is 3.27. The molecule has 2 aromatic carbocycles. The van der Waals surface area contributed by atoms with E-state index in [0.717, 1.165) is 22.3 Å². The third kappa shape index (κ3) is 3.97. The van der Waals surface area contributed by atoms with Gasteiger partial charge in [-0.25, -0.2) is 14.6 Å². The summed E-state index contributed by atoms with van der Waals surface area (Å²) in [5.74, 6) is -1.27. The van der Waals surface area contributed by atoms with E-state index < -0.39 is 18.1 Å². The monoisotopic (exact) mass is 428 g/mol. The first-order valence-corrected chi connectivity index (χ1v) is 10.2. The minimum atomic E-state index is -1.18. The van der Waals surface area contributed by atoms with Crippen LogP contribution in [0, 0.1) is 0 Å². The van der Waals surface area contributed by atoms with Gasteiger partial charge in [0.05, 0.1) is 11.2 Å². The van der Waals surface area contributed by atoms with E-state index in [9.17, 15) is 14.7 Å². The lowest BCUT2D eigenvalue weighted by molar-refractivity contribution is -0.139. The number of aromatic nitrogens is 1. The molecule has 0 spiro atoms. The molecule has 0 aliphatic heterocycles. The minimum Gasteiger partial charge on any atom is -0.480 e. The van der Waals surface area contributed by atoms with E-state index in [2.05, 4.69) is 10.3 Å². The number of benzene rings is 2. The van der Waals surface area contributed by atoms with Crippen LogP contribution < -0.4 is 5.32 Å². The first-order valence-electron chi connectivity index (χ1n) is 8.96. The third-order valence-electron chi connectivity index (χ3n) is 4.92. The van der Waals surface area contributed by atoms with Gasteiger partial charge in [-0.15, -0.1) is 11.3 Å². The zero-order valence-corrected chi connectivity index (χ0v) is 16.7. The lowest BCUT2D eigenvalue weighted by Crippen LogP contribution is -2.43. The van der Waals surface area contributed by atoms with Crippen LogP contribution in [0.2, 0.25) is 4.34 Å². The van der Waals surface area contributed by atoms with Crippen molar-refractivity contribution in [2.45, 2.75) is 18.4 Å². The van der Waals surface area contributed by atoms with Crippen molar-refractivity contribution in [3.8, 4) is 11.1 Å². The number of carbonyl (C=O) groups is 2. The maximum Gasteiger partial charge on any atom is 0.407 e. The second-order valence-corrected chi connectivity index (χ2v) is 8.09. The molecule has 6 nitrogen and oxygen atoms in total. The lowest BCUT2D eigenvalue weighted by atomic mass is 9.98. The summed E-state index contributed by atoms with van der Waals surface area (Å²) in [4.78, 5) is 27.9. The highest BCUT2D eigenvalue weighted by Crippen LogP contribution is 2.44. The van der Waals surface area contributed by atoms with Gasteiger partial charge in [0, 0.05) is 12.3 Å². The van der Waals surface area contributed by atoms with Gasteiger partial charge in [-0.1, -0.05) is 60.1 Å². The number of carbonyl (C=O) groups excluding carboxylic acids is 1. The van der Waals surface area contributed by atoms with Crippen LogP contribution in [0.3, 0.4) is 0 Å². The number of nitrogens with one attached hydrogen (secondary N) is 1. The number of amides is 1. The molecular formula is C21H17ClN2O4S. The molecule has 1 atom stereocenters. The number of rotatable bonds is 6. The maximum absolute atomic E-state index is 12.3. The van der Waals surface area contributed by atoms with Crippen molar-refractivity contribution in [3.05, 3.63) is 75.2 Å². The van der Waals surface area contributed by atoms with Crippen LogP contribution in [-0.4, -0.2) is 34.8 Å². The van der Waals surface area contributed by atoms with Crippen LogP contribution in [-0.2, 0) is 16.0 Å². The number of nitrogens with zero attached hydrogens (tertiary/aromatic N) is 1. The Morgan fingerprint density at radius 2 is 1.76 bits per heavy atom.